The molecule has 0 aromatic heterocycles. The maximum atomic E-state index is 13.1. The van der Waals surface area contributed by atoms with E-state index in [2.05, 4.69) is 5.92 Å². The summed E-state index contributed by atoms with van der Waals surface area (Å²) in [5, 5.41) is 0. The van der Waals surface area contributed by atoms with Gasteiger partial charge in [-0.15, -0.1) is 12.3 Å². The van der Waals surface area contributed by atoms with Gasteiger partial charge in [-0.25, -0.2) is 0 Å². The van der Waals surface area contributed by atoms with Crippen molar-refractivity contribution in [2.45, 2.75) is 45.4 Å². The lowest BCUT2D eigenvalue weighted by molar-refractivity contribution is 0.0856. The Balaban J connectivity index is 2.86. The molecule has 0 saturated heterocycles. The van der Waals surface area contributed by atoms with Gasteiger partial charge in [0.15, 0.2) is 0 Å². The van der Waals surface area contributed by atoms with Gasteiger partial charge in [0.05, 0.1) is 18.4 Å². The number of hydrogen-bond donors (Lipinski definition) is 0. The number of rotatable bonds is 9. The predicted molar refractivity (Wildman–Crippen MR) is 91.7 cm³/mol. The number of benzene rings is 1. The molecule has 0 fully saturated rings. The van der Waals surface area contributed by atoms with Gasteiger partial charge in [0.2, 0.25) is 0 Å². The minimum atomic E-state index is -3.28. The fourth-order valence-electron chi connectivity index (χ4n) is 1.96. The van der Waals surface area contributed by atoms with E-state index in [-0.39, 0.29) is 12.8 Å². The van der Waals surface area contributed by atoms with Crippen LogP contribution in [0.15, 0.2) is 42.5 Å². The van der Waals surface area contributed by atoms with Crippen LogP contribution in [0.3, 0.4) is 0 Å². The van der Waals surface area contributed by atoms with Crippen LogP contribution in [0, 0.1) is 12.3 Å². The molecule has 1 atom stereocenters. The van der Waals surface area contributed by atoms with Gasteiger partial charge in [-0.1, -0.05) is 49.4 Å². The average Bonchev–Trinajstić information content (AvgIpc) is 2.44. The van der Waals surface area contributed by atoms with Crippen molar-refractivity contribution in [3.63, 3.8) is 0 Å². The molecule has 0 saturated carbocycles. The van der Waals surface area contributed by atoms with E-state index in [4.69, 9.17) is 15.5 Å². The zero-order chi connectivity index (χ0) is 16.5. The van der Waals surface area contributed by atoms with Crippen LogP contribution in [-0.2, 0) is 19.8 Å². The molecule has 3 nitrogen and oxygen atoms in total. The molecule has 22 heavy (non-hydrogen) atoms. The van der Waals surface area contributed by atoms with Gasteiger partial charge in [0.1, 0.15) is 0 Å². The first-order valence-electron chi connectivity index (χ1n) is 7.47. The normalized spacial score (nSPS) is 14.6. The monoisotopic (exact) mass is 320 g/mol. The highest BCUT2D eigenvalue weighted by atomic mass is 31.2. The highest BCUT2D eigenvalue weighted by molar-refractivity contribution is 7.53. The second-order valence-corrected chi connectivity index (χ2v) is 7.64. The van der Waals surface area contributed by atoms with Crippen LogP contribution in [0.5, 0.6) is 0 Å². The zero-order valence-corrected chi connectivity index (χ0v) is 14.5. The molecule has 4 heteroatoms. The lowest BCUT2D eigenvalue weighted by atomic mass is 10.1. The summed E-state index contributed by atoms with van der Waals surface area (Å²) < 4.78 is 24.5. The molecular formula is C18H25O3P. The largest absolute Gasteiger partial charge is 0.335 e. The number of hydrogen-bond acceptors (Lipinski definition) is 3. The van der Waals surface area contributed by atoms with E-state index in [9.17, 15) is 4.57 Å². The zero-order valence-electron chi connectivity index (χ0n) is 13.6. The van der Waals surface area contributed by atoms with Gasteiger partial charge in [-0.2, -0.15) is 0 Å². The average molecular weight is 320 g/mol. The van der Waals surface area contributed by atoms with E-state index < -0.39 is 13.2 Å². The van der Waals surface area contributed by atoms with Crippen LogP contribution < -0.4 is 0 Å². The van der Waals surface area contributed by atoms with Crippen molar-refractivity contribution in [3.05, 3.63) is 48.0 Å². The minimum Gasteiger partial charge on any atom is -0.304 e. The Bertz CT molecular complexity index is 555. The van der Waals surface area contributed by atoms with Crippen molar-refractivity contribution in [1.82, 2.24) is 0 Å². The number of terminal acetylenes is 1. The third-order valence-electron chi connectivity index (χ3n) is 2.90. The van der Waals surface area contributed by atoms with E-state index in [1.807, 2.05) is 63.3 Å². The first-order chi connectivity index (χ1) is 10.4. The summed E-state index contributed by atoms with van der Waals surface area (Å²) in [5.74, 6) is 2.56. The molecule has 0 aliphatic heterocycles. The van der Waals surface area contributed by atoms with Gasteiger partial charge in [0.25, 0.3) is 0 Å². The highest BCUT2D eigenvalue weighted by Gasteiger charge is 2.33. The molecule has 0 bridgehead atoms. The Morgan fingerprint density at radius 2 is 1.95 bits per heavy atom. The smallest absolute Gasteiger partial charge is 0.304 e. The third-order valence-corrected chi connectivity index (χ3v) is 4.97. The Morgan fingerprint density at radius 1 is 1.27 bits per heavy atom. The summed E-state index contributed by atoms with van der Waals surface area (Å²) in [6, 6.07) is 9.56. The Hall–Kier alpha value is -1.33. The van der Waals surface area contributed by atoms with Crippen molar-refractivity contribution in [2.75, 3.05) is 6.61 Å². The van der Waals surface area contributed by atoms with Crippen LogP contribution in [-0.4, -0.2) is 12.2 Å². The second kappa shape index (κ2) is 8.96. The first kappa shape index (κ1) is 18.7. The molecule has 0 spiro atoms. The summed E-state index contributed by atoms with van der Waals surface area (Å²) in [6.45, 7) is 5.96. The molecule has 1 aromatic carbocycles. The summed E-state index contributed by atoms with van der Waals surface area (Å²) >= 11 is 0. The van der Waals surface area contributed by atoms with E-state index in [0.29, 0.717) is 6.42 Å². The summed E-state index contributed by atoms with van der Waals surface area (Å²) in [5.41, 5.74) is 0.231. The summed E-state index contributed by atoms with van der Waals surface area (Å²) in [7, 11) is -3.28. The molecule has 1 unspecified atom stereocenters. The van der Waals surface area contributed by atoms with E-state index in [1.54, 1.807) is 0 Å². The quantitative estimate of drug-likeness (QED) is 0.357. The van der Waals surface area contributed by atoms with Crippen molar-refractivity contribution in [1.29, 1.82) is 0 Å². The third kappa shape index (κ3) is 7.09. The van der Waals surface area contributed by atoms with Crippen LogP contribution >= 0.6 is 7.60 Å². The second-order valence-electron chi connectivity index (χ2n) is 5.66. The van der Waals surface area contributed by atoms with Gasteiger partial charge >= 0.3 is 7.60 Å². The van der Waals surface area contributed by atoms with E-state index in [0.717, 1.165) is 12.0 Å². The van der Waals surface area contributed by atoms with Crippen LogP contribution in [0.25, 0.3) is 0 Å². The van der Waals surface area contributed by atoms with Gasteiger partial charge in [0, 0.05) is 6.42 Å². The fourth-order valence-corrected chi connectivity index (χ4v) is 3.95. The molecule has 0 N–H and O–H groups in total. The molecule has 0 aliphatic rings. The van der Waals surface area contributed by atoms with Crippen molar-refractivity contribution in [3.8, 4) is 12.3 Å². The van der Waals surface area contributed by atoms with Gasteiger partial charge < -0.3 is 9.05 Å². The summed E-state index contributed by atoms with van der Waals surface area (Å²) in [4.78, 5) is 0. The van der Waals surface area contributed by atoms with Gasteiger partial charge in [-0.3, -0.25) is 4.57 Å². The first-order valence-corrected chi connectivity index (χ1v) is 9.20. The molecule has 1 rings (SSSR count). The molecular weight excluding hydrogens is 295 g/mol. The minimum absolute atomic E-state index is 0.238. The van der Waals surface area contributed by atoms with Crippen molar-refractivity contribution < 1.29 is 13.6 Å². The van der Waals surface area contributed by atoms with E-state index in [1.165, 1.54) is 0 Å². The SMILES string of the molecule is C#CCC(C)(C)OP(=O)(Cc1ccccc1)OC/C=C/CC. The maximum Gasteiger partial charge on any atom is 0.335 e. The lowest BCUT2D eigenvalue weighted by Gasteiger charge is -2.28. The Morgan fingerprint density at radius 3 is 2.55 bits per heavy atom. The highest BCUT2D eigenvalue weighted by Crippen LogP contribution is 2.54. The van der Waals surface area contributed by atoms with Crippen LogP contribution in [0.4, 0.5) is 0 Å². The lowest BCUT2D eigenvalue weighted by Crippen LogP contribution is -2.23. The van der Waals surface area contributed by atoms with Gasteiger partial charge in [-0.05, 0) is 25.8 Å². The Kier molecular flexibility index (Phi) is 7.62. The predicted octanol–water partition coefficient (Wildman–Crippen LogP) is 5.18. The van der Waals surface area contributed by atoms with Crippen molar-refractivity contribution >= 4 is 7.60 Å². The Labute approximate surface area is 134 Å². The fraction of sp³-hybridized carbons (Fsp3) is 0.444. The number of allylic oxidation sites excluding steroid dienone is 1. The van der Waals surface area contributed by atoms with E-state index >= 15 is 0 Å². The molecule has 0 radical (unpaired) electrons. The molecule has 0 heterocycles. The maximum absolute atomic E-state index is 13.1. The molecule has 0 aliphatic carbocycles. The van der Waals surface area contributed by atoms with Crippen LogP contribution in [0.2, 0.25) is 0 Å². The van der Waals surface area contributed by atoms with Crippen LogP contribution in [0.1, 0.15) is 39.2 Å². The molecule has 0 amide bonds. The van der Waals surface area contributed by atoms with Crippen molar-refractivity contribution in [2.24, 2.45) is 0 Å². The molecule has 1 aromatic rings. The topological polar surface area (TPSA) is 35.5 Å². The standard InChI is InChI=1S/C18H25O3P/c1-5-7-11-15-20-22(19,21-18(3,4)14-6-2)16-17-12-9-8-10-13-17/h2,7-13H,5,14-16H2,1,3-4H3/b11-7+. The summed E-state index contributed by atoms with van der Waals surface area (Å²) in [6.07, 6.45) is 10.7. The molecule has 120 valence electrons.